The van der Waals surface area contributed by atoms with E-state index in [1.807, 2.05) is 31.3 Å². The second-order valence-corrected chi connectivity index (χ2v) is 7.49. The van der Waals surface area contributed by atoms with Gasteiger partial charge in [0.15, 0.2) is 5.75 Å². The Balaban J connectivity index is 1.74. The summed E-state index contributed by atoms with van der Waals surface area (Å²) in [5, 5.41) is 13.2. The number of halogens is 1. The molecule has 9 nitrogen and oxygen atoms in total. The normalized spacial score (nSPS) is 10.6. The van der Waals surface area contributed by atoms with Gasteiger partial charge in [-0.1, -0.05) is 6.07 Å². The fraction of sp³-hybridized carbons (Fsp3) is 0.167. The molecule has 0 spiro atoms. The number of aromatic nitrogens is 4. The molecule has 34 heavy (non-hydrogen) atoms. The first kappa shape index (κ1) is 22.7. The van der Waals surface area contributed by atoms with Crippen molar-refractivity contribution in [1.82, 2.24) is 25.1 Å². The molecule has 0 aliphatic carbocycles. The van der Waals surface area contributed by atoms with Crippen LogP contribution in [-0.2, 0) is 7.05 Å². The largest absolute Gasteiger partial charge is 0.494 e. The van der Waals surface area contributed by atoms with E-state index in [1.165, 1.54) is 6.20 Å². The Morgan fingerprint density at radius 3 is 2.50 bits per heavy atom. The molecule has 3 aromatic heterocycles. The molecule has 0 saturated heterocycles. The summed E-state index contributed by atoms with van der Waals surface area (Å²) < 4.78 is 21.1. The number of benzene rings is 1. The minimum atomic E-state index is -0.392. The van der Waals surface area contributed by atoms with Crippen LogP contribution in [0.5, 0.6) is 5.75 Å². The summed E-state index contributed by atoms with van der Waals surface area (Å²) in [4.78, 5) is 20.9. The zero-order chi connectivity index (χ0) is 24.2. The molecular weight excluding hydrogens is 437 g/mol. The number of carbonyl (C=O) groups excluding carboxylic acids is 1. The summed E-state index contributed by atoms with van der Waals surface area (Å²) in [6, 6.07) is 10.8. The van der Waals surface area contributed by atoms with Gasteiger partial charge in [-0.05, 0) is 36.8 Å². The lowest BCUT2D eigenvalue weighted by molar-refractivity contribution is 0.0963. The maximum atomic E-state index is 13.6. The molecule has 0 bridgehead atoms. The molecule has 1 amide bonds. The second kappa shape index (κ2) is 9.57. The SMILES string of the molecule is CNC(=O)c1cnc(Nc2cc(C)c(F)cn2)cc1Nc1cccc(-c2ccnn2C)c1OC. The molecule has 4 rings (SSSR count). The smallest absolute Gasteiger partial charge is 0.254 e. The number of carbonyl (C=O) groups is 1. The van der Waals surface area contributed by atoms with Crippen molar-refractivity contribution in [3.05, 3.63) is 71.9 Å². The van der Waals surface area contributed by atoms with Crippen LogP contribution in [0.3, 0.4) is 0 Å². The lowest BCUT2D eigenvalue weighted by atomic mass is 10.1. The monoisotopic (exact) mass is 461 g/mol. The van der Waals surface area contributed by atoms with E-state index in [1.54, 1.807) is 44.1 Å². The highest BCUT2D eigenvalue weighted by Gasteiger charge is 2.17. The molecule has 10 heteroatoms. The maximum absolute atomic E-state index is 13.6. The van der Waals surface area contributed by atoms with Crippen LogP contribution in [0.2, 0.25) is 0 Å². The second-order valence-electron chi connectivity index (χ2n) is 7.49. The van der Waals surface area contributed by atoms with Crippen LogP contribution in [0.15, 0.2) is 55.0 Å². The first-order chi connectivity index (χ1) is 16.4. The molecule has 0 aliphatic rings. The van der Waals surface area contributed by atoms with Crippen molar-refractivity contribution in [2.45, 2.75) is 6.92 Å². The standard InChI is InChI=1S/C24H24FN7O2/c1-14-10-21(28-13-17(14)25)31-22-11-19(16(12-27-22)24(33)26-2)30-18-7-5-6-15(23(18)34-4)20-8-9-29-32(20)3/h5-13H,1-4H3,(H,26,33)(H2,27,28,30,31). The van der Waals surface area contributed by atoms with Gasteiger partial charge in [-0.3, -0.25) is 9.48 Å². The van der Waals surface area contributed by atoms with Crippen LogP contribution in [0, 0.1) is 12.7 Å². The van der Waals surface area contributed by atoms with E-state index in [-0.39, 0.29) is 5.91 Å². The number of methoxy groups -OCH3 is 1. The van der Waals surface area contributed by atoms with E-state index < -0.39 is 5.82 Å². The fourth-order valence-corrected chi connectivity index (χ4v) is 3.52. The van der Waals surface area contributed by atoms with Gasteiger partial charge >= 0.3 is 0 Å². The Bertz CT molecular complexity index is 1350. The highest BCUT2D eigenvalue weighted by atomic mass is 19.1. The lowest BCUT2D eigenvalue weighted by Gasteiger charge is -2.17. The summed E-state index contributed by atoms with van der Waals surface area (Å²) >= 11 is 0. The number of ether oxygens (including phenoxy) is 1. The van der Waals surface area contributed by atoms with E-state index >= 15 is 0 Å². The Labute approximate surface area is 196 Å². The molecule has 1 aromatic carbocycles. The van der Waals surface area contributed by atoms with Gasteiger partial charge in [0.2, 0.25) is 0 Å². The molecular formula is C24H24FN7O2. The summed E-state index contributed by atoms with van der Waals surface area (Å²) in [5.41, 5.74) is 3.66. The fourth-order valence-electron chi connectivity index (χ4n) is 3.52. The first-order valence-corrected chi connectivity index (χ1v) is 10.4. The average molecular weight is 462 g/mol. The van der Waals surface area contributed by atoms with Crippen LogP contribution >= 0.6 is 0 Å². The third-order valence-corrected chi connectivity index (χ3v) is 5.26. The molecule has 0 saturated carbocycles. The average Bonchev–Trinajstić information content (AvgIpc) is 3.26. The number of nitrogens with one attached hydrogen (secondary N) is 3. The van der Waals surface area contributed by atoms with Crippen LogP contribution in [0.25, 0.3) is 11.3 Å². The number of pyridine rings is 2. The van der Waals surface area contributed by atoms with Crippen LogP contribution in [0.4, 0.5) is 27.4 Å². The Kier molecular flexibility index (Phi) is 6.39. The summed E-state index contributed by atoms with van der Waals surface area (Å²) in [6.45, 7) is 1.65. The van der Waals surface area contributed by atoms with Crippen molar-refractivity contribution in [2.75, 3.05) is 24.8 Å². The molecule has 174 valence electrons. The van der Waals surface area contributed by atoms with Crippen LogP contribution < -0.4 is 20.7 Å². The van der Waals surface area contributed by atoms with Gasteiger partial charge in [0.1, 0.15) is 17.5 Å². The predicted octanol–water partition coefficient (Wildman–Crippen LogP) is 4.18. The first-order valence-electron chi connectivity index (χ1n) is 10.4. The number of rotatable bonds is 7. The number of hydrogen-bond donors (Lipinski definition) is 3. The topological polar surface area (TPSA) is 106 Å². The molecule has 0 unspecified atom stereocenters. The van der Waals surface area contributed by atoms with Crippen molar-refractivity contribution in [3.8, 4) is 17.0 Å². The highest BCUT2D eigenvalue weighted by molar-refractivity contribution is 6.00. The van der Waals surface area contributed by atoms with Gasteiger partial charge in [-0.2, -0.15) is 5.10 Å². The van der Waals surface area contributed by atoms with Gasteiger partial charge in [0.25, 0.3) is 5.91 Å². The van der Waals surface area contributed by atoms with E-state index in [2.05, 4.69) is 31.0 Å². The third kappa shape index (κ3) is 4.51. The van der Waals surface area contributed by atoms with E-state index in [9.17, 15) is 9.18 Å². The minimum Gasteiger partial charge on any atom is -0.494 e. The van der Waals surface area contributed by atoms with Crippen molar-refractivity contribution in [1.29, 1.82) is 0 Å². The third-order valence-electron chi connectivity index (χ3n) is 5.26. The van der Waals surface area contributed by atoms with Crippen molar-refractivity contribution in [2.24, 2.45) is 7.05 Å². The van der Waals surface area contributed by atoms with Crippen molar-refractivity contribution >= 4 is 28.9 Å². The number of nitrogens with zero attached hydrogens (tertiary/aromatic N) is 4. The summed E-state index contributed by atoms with van der Waals surface area (Å²) in [5.74, 6) is 0.752. The van der Waals surface area contributed by atoms with Gasteiger partial charge in [-0.25, -0.2) is 14.4 Å². The summed E-state index contributed by atoms with van der Waals surface area (Å²) in [7, 11) is 4.99. The lowest BCUT2D eigenvalue weighted by Crippen LogP contribution is -2.19. The Morgan fingerprint density at radius 2 is 1.82 bits per heavy atom. The zero-order valence-electron chi connectivity index (χ0n) is 19.2. The van der Waals surface area contributed by atoms with Crippen molar-refractivity contribution in [3.63, 3.8) is 0 Å². The molecule has 0 atom stereocenters. The number of anilines is 4. The minimum absolute atomic E-state index is 0.306. The number of aryl methyl sites for hydroxylation is 2. The number of amides is 1. The molecule has 0 fully saturated rings. The van der Waals surface area contributed by atoms with E-state index in [4.69, 9.17) is 4.74 Å². The Hall–Kier alpha value is -4.47. The Morgan fingerprint density at radius 1 is 1.06 bits per heavy atom. The van der Waals surface area contributed by atoms with Gasteiger partial charge in [0, 0.05) is 38.1 Å². The number of hydrogen-bond acceptors (Lipinski definition) is 7. The number of para-hydroxylation sites is 1. The quantitative estimate of drug-likeness (QED) is 0.379. The van der Waals surface area contributed by atoms with Gasteiger partial charge in [0.05, 0.1) is 35.9 Å². The van der Waals surface area contributed by atoms with E-state index in [0.717, 1.165) is 17.5 Å². The molecule has 3 N–H and O–H groups in total. The van der Waals surface area contributed by atoms with Gasteiger partial charge in [-0.15, -0.1) is 0 Å². The molecule has 3 heterocycles. The van der Waals surface area contributed by atoms with Crippen molar-refractivity contribution < 1.29 is 13.9 Å². The molecule has 0 aliphatic heterocycles. The predicted molar refractivity (Wildman–Crippen MR) is 128 cm³/mol. The maximum Gasteiger partial charge on any atom is 0.254 e. The summed E-state index contributed by atoms with van der Waals surface area (Å²) in [6.07, 6.45) is 4.31. The van der Waals surface area contributed by atoms with E-state index in [0.29, 0.717) is 39.9 Å². The molecule has 0 radical (unpaired) electrons. The van der Waals surface area contributed by atoms with Gasteiger partial charge < -0.3 is 20.7 Å². The van der Waals surface area contributed by atoms with Crippen LogP contribution in [0.1, 0.15) is 15.9 Å². The zero-order valence-corrected chi connectivity index (χ0v) is 19.2. The van der Waals surface area contributed by atoms with Crippen LogP contribution in [-0.4, -0.2) is 39.8 Å². The highest BCUT2D eigenvalue weighted by Crippen LogP contribution is 2.38. The molecule has 4 aromatic rings.